The Kier molecular flexibility index (Phi) is 5.02. The van der Waals surface area contributed by atoms with Crippen molar-refractivity contribution in [3.8, 4) is 11.8 Å². The van der Waals surface area contributed by atoms with Crippen LogP contribution in [0.2, 0.25) is 0 Å². The molecule has 0 atom stereocenters. The number of nitrogens with one attached hydrogen (secondary N) is 1. The van der Waals surface area contributed by atoms with Gasteiger partial charge in [-0.15, -0.1) is 0 Å². The summed E-state index contributed by atoms with van der Waals surface area (Å²) in [6.45, 7) is 1.98. The van der Waals surface area contributed by atoms with Crippen molar-refractivity contribution in [1.82, 2.24) is 10.2 Å². The second kappa shape index (κ2) is 7.17. The van der Waals surface area contributed by atoms with Crippen molar-refractivity contribution in [3.05, 3.63) is 53.3 Å². The maximum absolute atomic E-state index is 12.0. The Labute approximate surface area is 123 Å². The lowest BCUT2D eigenvalue weighted by Gasteiger charge is -2.07. The van der Waals surface area contributed by atoms with Crippen molar-refractivity contribution in [2.75, 3.05) is 11.9 Å². The third-order valence-electron chi connectivity index (χ3n) is 2.79. The molecule has 0 radical (unpaired) electrons. The van der Waals surface area contributed by atoms with Crippen LogP contribution in [-0.2, 0) is 0 Å². The minimum atomic E-state index is -0.233. The number of nitrogens with zero attached hydrogens (tertiary/aromatic N) is 2. The molecule has 0 spiro atoms. The maximum Gasteiger partial charge on any atom is 0.257 e. The van der Waals surface area contributed by atoms with Crippen molar-refractivity contribution in [2.45, 2.75) is 13.3 Å². The molecule has 0 saturated heterocycles. The van der Waals surface area contributed by atoms with E-state index in [9.17, 15) is 4.79 Å². The van der Waals surface area contributed by atoms with Gasteiger partial charge in [0.25, 0.3) is 5.91 Å². The maximum atomic E-state index is 12.0. The van der Waals surface area contributed by atoms with Crippen LogP contribution in [0.15, 0.2) is 36.7 Å². The van der Waals surface area contributed by atoms with Gasteiger partial charge in [0.05, 0.1) is 24.6 Å². The first-order valence-electron chi connectivity index (χ1n) is 6.49. The van der Waals surface area contributed by atoms with Crippen LogP contribution in [0, 0.1) is 18.8 Å². The number of carbonyl (C=O) groups is 1. The molecule has 2 rings (SSSR count). The van der Waals surface area contributed by atoms with Gasteiger partial charge in [-0.25, -0.2) is 0 Å². The number of aliphatic hydroxyl groups excluding tert-OH is 1. The zero-order chi connectivity index (χ0) is 15.1. The lowest BCUT2D eigenvalue weighted by atomic mass is 10.1. The van der Waals surface area contributed by atoms with E-state index < -0.39 is 0 Å². The number of aromatic nitrogens is 2. The third kappa shape index (κ3) is 4.13. The van der Waals surface area contributed by atoms with Crippen molar-refractivity contribution in [2.24, 2.45) is 0 Å². The standard InChI is InChI=1S/C16H15N3O2/c1-12-10-15(6-5-13(12)4-2-3-9-20)19-16(21)14-7-8-17-18-11-14/h5-8,10-11,20H,3,9H2,1H3,(H,19,21). The Morgan fingerprint density at radius 1 is 1.33 bits per heavy atom. The van der Waals surface area contributed by atoms with Crippen LogP contribution in [0.25, 0.3) is 0 Å². The van der Waals surface area contributed by atoms with Crippen LogP contribution in [0.3, 0.4) is 0 Å². The molecule has 1 amide bonds. The first-order chi connectivity index (χ1) is 10.2. The van der Waals surface area contributed by atoms with Crippen molar-refractivity contribution < 1.29 is 9.90 Å². The Morgan fingerprint density at radius 2 is 2.19 bits per heavy atom. The molecule has 0 aliphatic heterocycles. The number of amides is 1. The quantitative estimate of drug-likeness (QED) is 0.841. The second-order valence-corrected chi connectivity index (χ2v) is 4.39. The molecule has 0 bridgehead atoms. The van der Waals surface area contributed by atoms with Gasteiger partial charge in [-0.3, -0.25) is 4.79 Å². The predicted octanol–water partition coefficient (Wildman–Crippen LogP) is 1.77. The predicted molar refractivity (Wildman–Crippen MR) is 79.7 cm³/mol. The fraction of sp³-hybridized carbons (Fsp3) is 0.188. The van der Waals surface area contributed by atoms with Gasteiger partial charge in [-0.05, 0) is 36.8 Å². The summed E-state index contributed by atoms with van der Waals surface area (Å²) >= 11 is 0. The van der Waals surface area contributed by atoms with Gasteiger partial charge in [-0.2, -0.15) is 10.2 Å². The number of hydrogen-bond donors (Lipinski definition) is 2. The Morgan fingerprint density at radius 3 is 2.86 bits per heavy atom. The number of aryl methyl sites for hydroxylation is 1. The summed E-state index contributed by atoms with van der Waals surface area (Å²) in [7, 11) is 0. The van der Waals surface area contributed by atoms with Gasteiger partial charge in [0.15, 0.2) is 0 Å². The molecule has 0 fully saturated rings. The van der Waals surface area contributed by atoms with Crippen LogP contribution < -0.4 is 5.32 Å². The summed E-state index contributed by atoms with van der Waals surface area (Å²) in [5.74, 6) is 5.63. The SMILES string of the molecule is Cc1cc(NC(=O)c2ccnnc2)ccc1C#CCCO. The van der Waals surface area contributed by atoms with Crippen molar-refractivity contribution in [1.29, 1.82) is 0 Å². The highest BCUT2D eigenvalue weighted by atomic mass is 16.2. The molecule has 106 valence electrons. The Bertz CT molecular complexity index is 688. The zero-order valence-electron chi connectivity index (χ0n) is 11.6. The van der Waals surface area contributed by atoms with E-state index in [4.69, 9.17) is 5.11 Å². The number of rotatable bonds is 3. The molecule has 2 N–H and O–H groups in total. The molecule has 1 heterocycles. The highest BCUT2D eigenvalue weighted by molar-refractivity contribution is 6.04. The molecule has 0 saturated carbocycles. The molecule has 0 aliphatic rings. The van der Waals surface area contributed by atoms with Gasteiger partial charge in [0.1, 0.15) is 0 Å². The average Bonchev–Trinajstić information content (AvgIpc) is 2.50. The molecule has 0 unspecified atom stereocenters. The first kappa shape index (κ1) is 14.7. The van der Waals surface area contributed by atoms with E-state index in [1.165, 1.54) is 12.4 Å². The van der Waals surface area contributed by atoms with Gasteiger partial charge >= 0.3 is 0 Å². The minimum Gasteiger partial charge on any atom is -0.395 e. The summed E-state index contributed by atoms with van der Waals surface area (Å²) in [4.78, 5) is 12.0. The van der Waals surface area contributed by atoms with Gasteiger partial charge in [0, 0.05) is 17.7 Å². The van der Waals surface area contributed by atoms with Crippen LogP contribution in [0.5, 0.6) is 0 Å². The molecular formula is C16H15N3O2. The molecular weight excluding hydrogens is 266 g/mol. The Balaban J connectivity index is 2.11. The smallest absolute Gasteiger partial charge is 0.257 e. The van der Waals surface area contributed by atoms with Crippen molar-refractivity contribution in [3.63, 3.8) is 0 Å². The number of benzene rings is 1. The summed E-state index contributed by atoms with van der Waals surface area (Å²) in [6.07, 6.45) is 3.34. The summed E-state index contributed by atoms with van der Waals surface area (Å²) in [5, 5.41) is 18.8. The fourth-order valence-electron chi connectivity index (χ4n) is 1.72. The lowest BCUT2D eigenvalue weighted by Crippen LogP contribution is -2.12. The number of hydrogen-bond acceptors (Lipinski definition) is 4. The van der Waals surface area contributed by atoms with Gasteiger partial charge < -0.3 is 10.4 Å². The first-order valence-corrected chi connectivity index (χ1v) is 6.49. The average molecular weight is 281 g/mol. The lowest BCUT2D eigenvalue weighted by molar-refractivity contribution is 0.102. The highest BCUT2D eigenvalue weighted by Gasteiger charge is 2.06. The second-order valence-electron chi connectivity index (χ2n) is 4.39. The van der Waals surface area contributed by atoms with E-state index in [1.54, 1.807) is 12.1 Å². The number of carbonyl (C=O) groups excluding carboxylic acids is 1. The molecule has 5 heteroatoms. The molecule has 0 aliphatic carbocycles. The summed E-state index contributed by atoms with van der Waals surface area (Å²) in [6, 6.07) is 7.10. The molecule has 21 heavy (non-hydrogen) atoms. The number of anilines is 1. The largest absolute Gasteiger partial charge is 0.395 e. The van der Waals surface area contributed by atoms with Gasteiger partial charge in [0.2, 0.25) is 0 Å². The van der Waals surface area contributed by atoms with Crippen LogP contribution in [0.1, 0.15) is 27.9 Å². The normalized spacial score (nSPS) is 9.62. The molecule has 1 aromatic carbocycles. The fourth-order valence-corrected chi connectivity index (χ4v) is 1.72. The highest BCUT2D eigenvalue weighted by Crippen LogP contribution is 2.15. The summed E-state index contributed by atoms with van der Waals surface area (Å²) in [5.41, 5.74) is 3.00. The van der Waals surface area contributed by atoms with Gasteiger partial charge in [-0.1, -0.05) is 11.8 Å². The molecule has 5 nitrogen and oxygen atoms in total. The van der Waals surface area contributed by atoms with E-state index >= 15 is 0 Å². The Hall–Kier alpha value is -2.71. The van der Waals surface area contributed by atoms with E-state index in [-0.39, 0.29) is 12.5 Å². The van der Waals surface area contributed by atoms with Crippen molar-refractivity contribution >= 4 is 11.6 Å². The van der Waals surface area contributed by atoms with E-state index in [0.717, 1.165) is 11.1 Å². The van der Waals surface area contributed by atoms with E-state index in [1.807, 2.05) is 19.1 Å². The van der Waals surface area contributed by atoms with Crippen LogP contribution >= 0.6 is 0 Å². The number of aliphatic hydroxyl groups is 1. The zero-order valence-corrected chi connectivity index (χ0v) is 11.6. The van der Waals surface area contributed by atoms with Crippen LogP contribution in [0.4, 0.5) is 5.69 Å². The van der Waals surface area contributed by atoms with E-state index in [0.29, 0.717) is 17.7 Å². The third-order valence-corrected chi connectivity index (χ3v) is 2.79. The molecule has 2 aromatic rings. The summed E-state index contributed by atoms with van der Waals surface area (Å²) < 4.78 is 0. The van der Waals surface area contributed by atoms with Crippen LogP contribution in [-0.4, -0.2) is 27.8 Å². The minimum absolute atomic E-state index is 0.0557. The topological polar surface area (TPSA) is 75.1 Å². The van der Waals surface area contributed by atoms with E-state index in [2.05, 4.69) is 27.4 Å². The molecule has 1 aromatic heterocycles. The monoisotopic (exact) mass is 281 g/mol.